The number of fused-ring (bicyclic) bond motifs is 1. The molecular weight excluding hydrogens is 317 g/mol. The number of aldehydes is 1. The van der Waals surface area contributed by atoms with Crippen molar-refractivity contribution in [2.45, 2.75) is 6.18 Å². The Labute approximate surface area is 126 Å². The normalized spacial score (nSPS) is 11.9. The van der Waals surface area contributed by atoms with E-state index in [-0.39, 0.29) is 34.0 Å². The summed E-state index contributed by atoms with van der Waals surface area (Å²) in [5, 5.41) is -0.107. The second-order valence-electron chi connectivity index (χ2n) is 4.89. The Kier molecular flexibility index (Phi) is 3.43. The summed E-state index contributed by atoms with van der Waals surface area (Å²) in [5.41, 5.74) is -1.93. The molecule has 7 heteroatoms. The second-order valence-corrected chi connectivity index (χ2v) is 4.89. The van der Waals surface area contributed by atoms with Crippen LogP contribution in [0.25, 0.3) is 22.2 Å². The summed E-state index contributed by atoms with van der Waals surface area (Å²) >= 11 is 0. The zero-order valence-electron chi connectivity index (χ0n) is 11.3. The van der Waals surface area contributed by atoms with Crippen molar-refractivity contribution in [3.63, 3.8) is 0 Å². The molecule has 3 rings (SSSR count). The van der Waals surface area contributed by atoms with Gasteiger partial charge in [-0.15, -0.1) is 0 Å². The lowest BCUT2D eigenvalue weighted by atomic mass is 10.0. The first-order valence-corrected chi connectivity index (χ1v) is 6.45. The smallest absolute Gasteiger partial charge is 0.352 e. The first-order valence-electron chi connectivity index (χ1n) is 6.45. The average Bonchev–Trinajstić information content (AvgIpc) is 2.85. The van der Waals surface area contributed by atoms with Gasteiger partial charge in [-0.25, -0.2) is 8.78 Å². The molecule has 2 aromatic carbocycles. The fourth-order valence-corrected chi connectivity index (χ4v) is 2.52. The number of H-pyrrole nitrogens is 1. The summed E-state index contributed by atoms with van der Waals surface area (Å²) in [6.07, 6.45) is -4.38. The van der Waals surface area contributed by atoms with Gasteiger partial charge in [0.2, 0.25) is 0 Å². The Morgan fingerprint density at radius 3 is 2.39 bits per heavy atom. The van der Waals surface area contributed by atoms with E-state index >= 15 is 0 Å². The van der Waals surface area contributed by atoms with Gasteiger partial charge in [0.05, 0.1) is 16.8 Å². The van der Waals surface area contributed by atoms with E-state index in [9.17, 15) is 26.7 Å². The van der Waals surface area contributed by atoms with Crippen molar-refractivity contribution in [3.05, 3.63) is 59.2 Å². The maximum atomic E-state index is 13.8. The Morgan fingerprint density at radius 2 is 1.74 bits per heavy atom. The van der Waals surface area contributed by atoms with E-state index < -0.39 is 23.4 Å². The number of rotatable bonds is 2. The Balaban J connectivity index is 2.39. The van der Waals surface area contributed by atoms with Gasteiger partial charge in [0, 0.05) is 22.6 Å². The van der Waals surface area contributed by atoms with Crippen LogP contribution in [0.15, 0.2) is 36.4 Å². The number of hydrogen-bond donors (Lipinski definition) is 1. The molecule has 2 nitrogen and oxygen atoms in total. The van der Waals surface area contributed by atoms with Crippen molar-refractivity contribution in [2.75, 3.05) is 0 Å². The fourth-order valence-electron chi connectivity index (χ4n) is 2.52. The van der Waals surface area contributed by atoms with Gasteiger partial charge in [-0.3, -0.25) is 4.79 Å². The molecule has 0 saturated carbocycles. The standard InChI is InChI=1S/C16H8F5NO/c17-8-5-10-11(7-23)14(22-15(10)13(18)6-8)9-3-1-2-4-12(9)16(19,20)21/h1-7,22H. The first-order chi connectivity index (χ1) is 10.8. The van der Waals surface area contributed by atoms with Gasteiger partial charge in [0.1, 0.15) is 11.6 Å². The lowest BCUT2D eigenvalue weighted by Crippen LogP contribution is -2.07. The van der Waals surface area contributed by atoms with Crippen LogP contribution < -0.4 is 0 Å². The molecule has 1 aromatic heterocycles. The predicted octanol–water partition coefficient (Wildman–Crippen LogP) is 4.94. The average molecular weight is 325 g/mol. The molecule has 0 aliphatic heterocycles. The summed E-state index contributed by atoms with van der Waals surface area (Å²) in [5.74, 6) is -1.91. The molecule has 0 amide bonds. The summed E-state index contributed by atoms with van der Waals surface area (Å²) in [7, 11) is 0. The maximum Gasteiger partial charge on any atom is 0.417 e. The van der Waals surface area contributed by atoms with Gasteiger partial charge in [-0.2, -0.15) is 13.2 Å². The number of alkyl halides is 3. The highest BCUT2D eigenvalue weighted by Crippen LogP contribution is 2.39. The number of carbonyl (C=O) groups excluding carboxylic acids is 1. The number of nitrogens with one attached hydrogen (secondary N) is 1. The van der Waals surface area contributed by atoms with E-state index in [1.165, 1.54) is 12.1 Å². The van der Waals surface area contributed by atoms with Gasteiger partial charge >= 0.3 is 6.18 Å². The van der Waals surface area contributed by atoms with Crippen LogP contribution in [0.5, 0.6) is 0 Å². The number of halogens is 5. The van der Waals surface area contributed by atoms with Gasteiger partial charge in [0.25, 0.3) is 0 Å². The quantitative estimate of drug-likeness (QED) is 0.525. The summed E-state index contributed by atoms with van der Waals surface area (Å²) < 4.78 is 66.6. The van der Waals surface area contributed by atoms with Crippen LogP contribution in [0, 0.1) is 11.6 Å². The number of aromatic amines is 1. The molecule has 118 valence electrons. The molecular formula is C16H8F5NO. The topological polar surface area (TPSA) is 32.9 Å². The molecule has 0 fully saturated rings. The molecule has 0 spiro atoms. The van der Waals surface area contributed by atoms with Crippen molar-refractivity contribution in [2.24, 2.45) is 0 Å². The third kappa shape index (κ3) is 2.48. The molecule has 3 aromatic rings. The molecule has 0 atom stereocenters. The van der Waals surface area contributed by atoms with E-state index in [1.54, 1.807) is 0 Å². The minimum absolute atomic E-state index is 0.107. The summed E-state index contributed by atoms with van der Waals surface area (Å²) in [6, 6.07) is 6.07. The first kappa shape index (κ1) is 15.2. The van der Waals surface area contributed by atoms with Crippen LogP contribution in [0.1, 0.15) is 15.9 Å². The zero-order valence-corrected chi connectivity index (χ0v) is 11.3. The second kappa shape index (κ2) is 5.19. The summed E-state index contributed by atoms with van der Waals surface area (Å²) in [4.78, 5) is 13.8. The monoisotopic (exact) mass is 325 g/mol. The Hall–Kier alpha value is -2.70. The Bertz CT molecular complexity index is 911. The van der Waals surface area contributed by atoms with Gasteiger partial charge < -0.3 is 4.98 Å². The molecule has 0 saturated heterocycles. The lowest BCUT2D eigenvalue weighted by Gasteiger charge is -2.12. The molecule has 0 aliphatic carbocycles. The predicted molar refractivity (Wildman–Crippen MR) is 74.0 cm³/mol. The van der Waals surface area contributed by atoms with Crippen molar-refractivity contribution in [3.8, 4) is 11.3 Å². The highest BCUT2D eigenvalue weighted by atomic mass is 19.4. The van der Waals surface area contributed by atoms with Gasteiger partial charge in [0.15, 0.2) is 6.29 Å². The largest absolute Gasteiger partial charge is 0.417 e. The highest BCUT2D eigenvalue weighted by molar-refractivity contribution is 6.04. The van der Waals surface area contributed by atoms with E-state index in [0.717, 1.165) is 18.2 Å². The number of aromatic nitrogens is 1. The van der Waals surface area contributed by atoms with Crippen LogP contribution in [-0.2, 0) is 6.18 Å². The van der Waals surface area contributed by atoms with Crippen molar-refractivity contribution in [1.82, 2.24) is 4.98 Å². The highest BCUT2D eigenvalue weighted by Gasteiger charge is 2.34. The maximum absolute atomic E-state index is 13.8. The van der Waals surface area contributed by atoms with Crippen LogP contribution in [0.2, 0.25) is 0 Å². The molecule has 0 aliphatic rings. The third-order valence-electron chi connectivity index (χ3n) is 3.48. The Morgan fingerprint density at radius 1 is 1.04 bits per heavy atom. The van der Waals surface area contributed by atoms with Crippen LogP contribution in [0.3, 0.4) is 0 Å². The molecule has 23 heavy (non-hydrogen) atoms. The fraction of sp³-hybridized carbons (Fsp3) is 0.0625. The zero-order chi connectivity index (χ0) is 16.8. The van der Waals surface area contributed by atoms with Crippen LogP contribution in [0.4, 0.5) is 22.0 Å². The molecule has 0 unspecified atom stereocenters. The van der Waals surface area contributed by atoms with E-state index in [1.807, 2.05) is 0 Å². The SMILES string of the molecule is O=Cc1c(-c2ccccc2C(F)(F)F)[nH]c2c(F)cc(F)cc12. The third-order valence-corrected chi connectivity index (χ3v) is 3.48. The molecule has 0 bridgehead atoms. The van der Waals surface area contributed by atoms with Gasteiger partial charge in [-0.1, -0.05) is 18.2 Å². The van der Waals surface area contributed by atoms with E-state index in [2.05, 4.69) is 4.98 Å². The minimum Gasteiger partial charge on any atom is -0.352 e. The summed E-state index contributed by atoms with van der Waals surface area (Å²) in [6.45, 7) is 0. The van der Waals surface area contributed by atoms with Gasteiger partial charge in [-0.05, 0) is 12.1 Å². The minimum atomic E-state index is -4.65. The van der Waals surface area contributed by atoms with Crippen LogP contribution >= 0.6 is 0 Å². The molecule has 1 heterocycles. The molecule has 0 radical (unpaired) electrons. The van der Waals surface area contributed by atoms with E-state index in [0.29, 0.717) is 6.07 Å². The number of carbonyl (C=O) groups is 1. The van der Waals surface area contributed by atoms with Crippen molar-refractivity contribution < 1.29 is 26.7 Å². The van der Waals surface area contributed by atoms with Crippen LogP contribution in [-0.4, -0.2) is 11.3 Å². The van der Waals surface area contributed by atoms with Crippen molar-refractivity contribution >= 4 is 17.2 Å². The van der Waals surface area contributed by atoms with Crippen molar-refractivity contribution in [1.29, 1.82) is 0 Å². The number of hydrogen-bond acceptors (Lipinski definition) is 1. The molecule has 1 N–H and O–H groups in total. The number of benzene rings is 2. The van der Waals surface area contributed by atoms with E-state index in [4.69, 9.17) is 0 Å². The lowest BCUT2D eigenvalue weighted by molar-refractivity contribution is -0.137.